The Labute approximate surface area is 126 Å². The highest BCUT2D eigenvalue weighted by molar-refractivity contribution is 7.91. The topological polar surface area (TPSA) is 46.2 Å². The summed E-state index contributed by atoms with van der Waals surface area (Å²) in [7, 11) is -1.30. The Morgan fingerprint density at radius 2 is 1.43 bits per heavy atom. The molecule has 2 atom stereocenters. The zero-order chi connectivity index (χ0) is 15.5. The van der Waals surface area contributed by atoms with Gasteiger partial charge in [-0.15, -0.1) is 0 Å². The molecule has 2 rings (SSSR count). The first-order valence-corrected chi connectivity index (χ1v) is 8.90. The van der Waals surface area contributed by atoms with Crippen LogP contribution >= 0.6 is 0 Å². The fourth-order valence-electron chi connectivity index (χ4n) is 2.43. The molecule has 0 amide bonds. The lowest BCUT2D eigenvalue weighted by Crippen LogP contribution is -2.32. The summed E-state index contributed by atoms with van der Waals surface area (Å²) in [6.45, 7) is 1.74. The van der Waals surface area contributed by atoms with Gasteiger partial charge in [-0.2, -0.15) is 0 Å². The number of benzene rings is 2. The molecule has 3 nitrogen and oxygen atoms in total. The molecular weight excluding hydrogens is 282 g/mol. The Balaban J connectivity index is 2.29. The van der Waals surface area contributed by atoms with Crippen LogP contribution in [-0.2, 0) is 9.84 Å². The molecule has 0 bridgehead atoms. The molecule has 0 fully saturated rings. The van der Waals surface area contributed by atoms with E-state index in [0.29, 0.717) is 0 Å². The first kappa shape index (κ1) is 15.7. The Morgan fingerprint density at radius 3 is 1.90 bits per heavy atom. The van der Waals surface area contributed by atoms with Crippen LogP contribution in [0.25, 0.3) is 11.1 Å². The summed E-state index contributed by atoms with van der Waals surface area (Å²) in [6, 6.07) is 18.0. The summed E-state index contributed by atoms with van der Waals surface area (Å²) in [6.07, 6.45) is 1.28. The van der Waals surface area contributed by atoms with E-state index in [1.807, 2.05) is 42.5 Å². The second-order valence-electron chi connectivity index (χ2n) is 5.29. The third-order valence-corrected chi connectivity index (χ3v) is 5.46. The van der Waals surface area contributed by atoms with Gasteiger partial charge in [0.2, 0.25) is 0 Å². The Bertz CT molecular complexity index is 678. The number of sulfone groups is 1. The monoisotopic (exact) mass is 303 g/mol. The van der Waals surface area contributed by atoms with Crippen molar-refractivity contribution >= 4 is 9.84 Å². The average Bonchev–Trinajstić information content (AvgIpc) is 2.48. The smallest absolute Gasteiger partial charge is 0.151 e. The minimum Gasteiger partial charge on any atom is -0.312 e. The van der Waals surface area contributed by atoms with E-state index in [2.05, 4.69) is 17.4 Å². The van der Waals surface area contributed by atoms with E-state index in [1.165, 1.54) is 6.26 Å². The van der Waals surface area contributed by atoms with Gasteiger partial charge in [0, 0.05) is 12.3 Å². The Hall–Kier alpha value is -1.65. The summed E-state index contributed by atoms with van der Waals surface area (Å²) in [4.78, 5) is 0. The standard InChI is InChI=1S/C17H21NO2S/c1-13(21(3,19)20)17(18-2)16-11-9-15(10-12-16)14-7-5-4-6-8-14/h4-13,17-18H,1-3H3. The van der Waals surface area contributed by atoms with Gasteiger partial charge in [-0.1, -0.05) is 54.6 Å². The SMILES string of the molecule is CNC(c1ccc(-c2ccccc2)cc1)C(C)S(C)(=O)=O. The molecule has 1 N–H and O–H groups in total. The maximum absolute atomic E-state index is 11.8. The van der Waals surface area contributed by atoms with Crippen molar-refractivity contribution in [1.82, 2.24) is 5.32 Å². The predicted octanol–water partition coefficient (Wildman–Crippen LogP) is 3.05. The van der Waals surface area contributed by atoms with Crippen LogP contribution in [0, 0.1) is 0 Å². The molecule has 2 aromatic carbocycles. The van der Waals surface area contributed by atoms with Gasteiger partial charge in [0.1, 0.15) is 0 Å². The molecule has 0 aliphatic carbocycles. The van der Waals surface area contributed by atoms with Gasteiger partial charge in [-0.05, 0) is 30.7 Å². The van der Waals surface area contributed by atoms with Crippen LogP contribution in [0.1, 0.15) is 18.5 Å². The van der Waals surface area contributed by atoms with Crippen LogP contribution in [0.4, 0.5) is 0 Å². The van der Waals surface area contributed by atoms with Crippen molar-refractivity contribution in [2.45, 2.75) is 18.2 Å². The summed E-state index contributed by atoms with van der Waals surface area (Å²) in [5.74, 6) is 0. The zero-order valence-corrected chi connectivity index (χ0v) is 13.4. The largest absolute Gasteiger partial charge is 0.312 e. The van der Waals surface area contributed by atoms with Crippen LogP contribution in [0.2, 0.25) is 0 Å². The fourth-order valence-corrected chi connectivity index (χ4v) is 3.22. The fraction of sp³-hybridized carbons (Fsp3) is 0.294. The minimum absolute atomic E-state index is 0.204. The lowest BCUT2D eigenvalue weighted by atomic mass is 9.99. The third kappa shape index (κ3) is 3.71. The van der Waals surface area contributed by atoms with Crippen LogP contribution in [0.3, 0.4) is 0 Å². The minimum atomic E-state index is -3.09. The normalized spacial score (nSPS) is 14.6. The van der Waals surface area contributed by atoms with Gasteiger partial charge >= 0.3 is 0 Å². The average molecular weight is 303 g/mol. The summed E-state index contributed by atoms with van der Waals surface area (Å²) in [5, 5.41) is 2.64. The molecule has 0 aromatic heterocycles. The van der Waals surface area contributed by atoms with Crippen LogP contribution in [0.5, 0.6) is 0 Å². The van der Waals surface area contributed by atoms with Crippen molar-refractivity contribution in [2.24, 2.45) is 0 Å². The zero-order valence-electron chi connectivity index (χ0n) is 12.6. The van der Waals surface area contributed by atoms with Gasteiger partial charge in [0.15, 0.2) is 9.84 Å². The summed E-state index contributed by atoms with van der Waals surface area (Å²) in [5.41, 5.74) is 3.26. The van der Waals surface area contributed by atoms with Crippen molar-refractivity contribution in [3.05, 3.63) is 60.2 Å². The van der Waals surface area contributed by atoms with E-state index < -0.39 is 15.1 Å². The molecule has 0 saturated carbocycles. The lowest BCUT2D eigenvalue weighted by Gasteiger charge is -2.22. The summed E-state index contributed by atoms with van der Waals surface area (Å²) >= 11 is 0. The van der Waals surface area contributed by atoms with Gasteiger partial charge in [-0.25, -0.2) is 8.42 Å². The number of hydrogen-bond donors (Lipinski definition) is 1. The predicted molar refractivity (Wildman–Crippen MR) is 88.0 cm³/mol. The van der Waals surface area contributed by atoms with E-state index in [0.717, 1.165) is 16.7 Å². The van der Waals surface area contributed by atoms with Gasteiger partial charge in [-0.3, -0.25) is 0 Å². The molecule has 21 heavy (non-hydrogen) atoms. The first-order valence-electron chi connectivity index (χ1n) is 6.95. The van der Waals surface area contributed by atoms with Crippen LogP contribution in [0.15, 0.2) is 54.6 Å². The Morgan fingerprint density at radius 1 is 0.905 bits per heavy atom. The molecule has 0 heterocycles. The van der Waals surface area contributed by atoms with E-state index in [-0.39, 0.29) is 6.04 Å². The number of rotatable bonds is 5. The molecule has 2 unspecified atom stereocenters. The van der Waals surface area contributed by atoms with Crippen molar-refractivity contribution in [1.29, 1.82) is 0 Å². The third-order valence-electron chi connectivity index (χ3n) is 3.83. The quantitative estimate of drug-likeness (QED) is 0.923. The lowest BCUT2D eigenvalue weighted by molar-refractivity contribution is 0.535. The van der Waals surface area contributed by atoms with Gasteiger partial charge < -0.3 is 5.32 Å². The van der Waals surface area contributed by atoms with Crippen molar-refractivity contribution < 1.29 is 8.42 Å². The maximum atomic E-state index is 11.8. The van der Waals surface area contributed by atoms with Gasteiger partial charge in [0.05, 0.1) is 5.25 Å². The molecule has 2 aromatic rings. The first-order chi connectivity index (χ1) is 9.93. The maximum Gasteiger partial charge on any atom is 0.151 e. The molecule has 112 valence electrons. The number of hydrogen-bond acceptors (Lipinski definition) is 3. The van der Waals surface area contributed by atoms with Crippen molar-refractivity contribution in [2.75, 3.05) is 13.3 Å². The molecule has 0 aliphatic rings. The van der Waals surface area contributed by atoms with E-state index in [1.54, 1.807) is 14.0 Å². The van der Waals surface area contributed by atoms with Crippen LogP contribution in [-0.4, -0.2) is 27.0 Å². The van der Waals surface area contributed by atoms with E-state index >= 15 is 0 Å². The highest BCUT2D eigenvalue weighted by atomic mass is 32.2. The second kappa shape index (κ2) is 6.41. The van der Waals surface area contributed by atoms with Crippen molar-refractivity contribution in [3.8, 4) is 11.1 Å². The highest BCUT2D eigenvalue weighted by Gasteiger charge is 2.25. The number of nitrogens with one attached hydrogen (secondary N) is 1. The van der Waals surface area contributed by atoms with Crippen LogP contribution < -0.4 is 5.32 Å². The molecule has 0 saturated heterocycles. The molecule has 4 heteroatoms. The Kier molecular flexibility index (Phi) is 4.80. The molecular formula is C17H21NO2S. The second-order valence-corrected chi connectivity index (χ2v) is 7.69. The van der Waals surface area contributed by atoms with E-state index in [4.69, 9.17) is 0 Å². The van der Waals surface area contributed by atoms with Crippen molar-refractivity contribution in [3.63, 3.8) is 0 Å². The molecule has 0 aliphatic heterocycles. The van der Waals surface area contributed by atoms with Gasteiger partial charge in [0.25, 0.3) is 0 Å². The molecule has 0 radical (unpaired) electrons. The van der Waals surface area contributed by atoms with E-state index in [9.17, 15) is 8.42 Å². The summed E-state index contributed by atoms with van der Waals surface area (Å²) < 4.78 is 23.5. The molecule has 0 spiro atoms. The highest BCUT2D eigenvalue weighted by Crippen LogP contribution is 2.25.